The summed E-state index contributed by atoms with van der Waals surface area (Å²) in [6.07, 6.45) is -4.39. The number of pyridine rings is 1. The Bertz CT molecular complexity index is 585. The summed E-state index contributed by atoms with van der Waals surface area (Å²) in [6.45, 7) is 5.74. The lowest BCUT2D eigenvalue weighted by Gasteiger charge is -2.11. The zero-order valence-corrected chi connectivity index (χ0v) is 9.81. The Morgan fingerprint density at radius 1 is 1.00 bits per heavy atom. The Morgan fingerprint density at radius 3 is 2.24 bits per heavy atom. The van der Waals surface area contributed by atoms with Gasteiger partial charge in [0.1, 0.15) is 5.69 Å². The first-order valence-electron chi connectivity index (χ1n) is 5.25. The van der Waals surface area contributed by atoms with Crippen LogP contribution in [0.2, 0.25) is 0 Å². The van der Waals surface area contributed by atoms with Crippen molar-refractivity contribution in [2.75, 3.05) is 0 Å². The molecule has 2 rings (SSSR count). The van der Waals surface area contributed by atoms with Gasteiger partial charge in [-0.3, -0.25) is 0 Å². The van der Waals surface area contributed by atoms with Crippen molar-refractivity contribution >= 4 is 10.9 Å². The summed E-state index contributed by atoms with van der Waals surface area (Å²) < 4.78 is 37.6. The molecular weight excluding hydrogens is 227 g/mol. The zero-order chi connectivity index (χ0) is 12.8. The molecule has 0 aliphatic carbocycles. The van der Waals surface area contributed by atoms with E-state index in [0.29, 0.717) is 5.52 Å². The lowest BCUT2D eigenvalue weighted by atomic mass is 9.99. The average molecular weight is 239 g/mol. The number of fused-ring (bicyclic) bond motifs is 1. The highest BCUT2D eigenvalue weighted by molar-refractivity contribution is 5.84. The van der Waals surface area contributed by atoms with Crippen molar-refractivity contribution in [2.45, 2.75) is 26.9 Å². The third-order valence-corrected chi connectivity index (χ3v) is 3.13. The minimum atomic E-state index is -4.39. The van der Waals surface area contributed by atoms with Crippen LogP contribution in [0.5, 0.6) is 0 Å². The van der Waals surface area contributed by atoms with E-state index in [0.717, 1.165) is 28.1 Å². The van der Waals surface area contributed by atoms with Crippen LogP contribution in [0.1, 0.15) is 22.4 Å². The largest absolute Gasteiger partial charge is 0.433 e. The highest BCUT2D eigenvalue weighted by Crippen LogP contribution is 2.30. The molecule has 0 atom stereocenters. The first-order chi connectivity index (χ1) is 7.80. The van der Waals surface area contributed by atoms with Gasteiger partial charge in [-0.25, -0.2) is 4.98 Å². The van der Waals surface area contributed by atoms with E-state index in [4.69, 9.17) is 0 Å². The van der Waals surface area contributed by atoms with Crippen LogP contribution >= 0.6 is 0 Å². The molecule has 0 spiro atoms. The number of rotatable bonds is 0. The maximum atomic E-state index is 12.5. The predicted molar refractivity (Wildman–Crippen MR) is 61.0 cm³/mol. The maximum Gasteiger partial charge on any atom is 0.433 e. The Labute approximate surface area is 97.3 Å². The topological polar surface area (TPSA) is 12.9 Å². The van der Waals surface area contributed by atoms with Crippen molar-refractivity contribution in [3.8, 4) is 0 Å². The number of nitrogens with zero attached hydrogens (tertiary/aromatic N) is 1. The van der Waals surface area contributed by atoms with E-state index in [1.165, 1.54) is 6.07 Å². The summed E-state index contributed by atoms with van der Waals surface area (Å²) in [5.41, 5.74) is 2.61. The Balaban J connectivity index is 2.76. The number of hydrogen-bond donors (Lipinski definition) is 0. The quantitative estimate of drug-likeness (QED) is 0.672. The zero-order valence-electron chi connectivity index (χ0n) is 9.81. The van der Waals surface area contributed by atoms with E-state index >= 15 is 0 Å². The van der Waals surface area contributed by atoms with Gasteiger partial charge in [0.15, 0.2) is 0 Å². The van der Waals surface area contributed by atoms with Crippen molar-refractivity contribution in [3.05, 3.63) is 40.6 Å². The Morgan fingerprint density at radius 2 is 1.65 bits per heavy atom. The molecule has 0 saturated heterocycles. The van der Waals surface area contributed by atoms with E-state index in [2.05, 4.69) is 4.98 Å². The molecule has 0 unspecified atom stereocenters. The summed E-state index contributed by atoms with van der Waals surface area (Å²) in [6, 6.07) is 4.23. The Kier molecular flexibility index (Phi) is 2.60. The summed E-state index contributed by atoms with van der Waals surface area (Å²) in [5.74, 6) is 0. The first-order valence-corrected chi connectivity index (χ1v) is 5.25. The number of benzene rings is 1. The molecule has 0 aliphatic heterocycles. The summed E-state index contributed by atoms with van der Waals surface area (Å²) in [5, 5.41) is 0.779. The van der Waals surface area contributed by atoms with E-state index < -0.39 is 11.9 Å². The smallest absolute Gasteiger partial charge is 0.243 e. The van der Waals surface area contributed by atoms with Crippen molar-refractivity contribution < 1.29 is 13.2 Å². The highest BCUT2D eigenvalue weighted by atomic mass is 19.4. The van der Waals surface area contributed by atoms with Gasteiger partial charge < -0.3 is 0 Å². The third-order valence-electron chi connectivity index (χ3n) is 3.13. The second-order valence-electron chi connectivity index (χ2n) is 4.20. The molecule has 90 valence electrons. The summed E-state index contributed by atoms with van der Waals surface area (Å²) in [7, 11) is 0. The van der Waals surface area contributed by atoms with Crippen molar-refractivity contribution in [3.63, 3.8) is 0 Å². The summed E-state index contributed by atoms with van der Waals surface area (Å²) >= 11 is 0. The standard InChI is InChI=1S/C13H12F3N/c1-7-6-11-10(9(3)8(7)2)4-5-12(17-11)13(14,15)16/h4-6H,1-3H3. The van der Waals surface area contributed by atoms with Crippen LogP contribution in [0.3, 0.4) is 0 Å². The fourth-order valence-electron chi connectivity index (χ4n) is 1.87. The van der Waals surface area contributed by atoms with E-state index in [1.54, 1.807) is 6.07 Å². The third kappa shape index (κ3) is 1.99. The molecule has 1 aromatic heterocycles. The second kappa shape index (κ2) is 3.72. The average Bonchev–Trinajstić information content (AvgIpc) is 2.24. The fourth-order valence-corrected chi connectivity index (χ4v) is 1.87. The molecule has 0 bridgehead atoms. The van der Waals surface area contributed by atoms with Crippen LogP contribution in [0, 0.1) is 20.8 Å². The van der Waals surface area contributed by atoms with Crippen molar-refractivity contribution in [2.24, 2.45) is 0 Å². The number of aromatic nitrogens is 1. The van der Waals surface area contributed by atoms with Gasteiger partial charge in [0, 0.05) is 5.39 Å². The van der Waals surface area contributed by atoms with Gasteiger partial charge in [-0.2, -0.15) is 13.2 Å². The molecule has 17 heavy (non-hydrogen) atoms. The van der Waals surface area contributed by atoms with Crippen LogP contribution in [0.25, 0.3) is 10.9 Å². The van der Waals surface area contributed by atoms with Crippen LogP contribution in [0.4, 0.5) is 13.2 Å². The van der Waals surface area contributed by atoms with Gasteiger partial charge in [-0.15, -0.1) is 0 Å². The molecule has 0 radical (unpaired) electrons. The molecule has 0 fully saturated rings. The van der Waals surface area contributed by atoms with Crippen LogP contribution in [-0.4, -0.2) is 4.98 Å². The highest BCUT2D eigenvalue weighted by Gasteiger charge is 2.32. The minimum Gasteiger partial charge on any atom is -0.243 e. The summed E-state index contributed by atoms with van der Waals surface area (Å²) in [4.78, 5) is 3.68. The molecule has 0 aliphatic rings. The lowest BCUT2D eigenvalue weighted by molar-refractivity contribution is -0.140. The van der Waals surface area contributed by atoms with Gasteiger partial charge >= 0.3 is 6.18 Å². The molecule has 1 aromatic carbocycles. The second-order valence-corrected chi connectivity index (χ2v) is 4.20. The Hall–Kier alpha value is -1.58. The van der Waals surface area contributed by atoms with Gasteiger partial charge in [0.25, 0.3) is 0 Å². The maximum absolute atomic E-state index is 12.5. The molecule has 0 N–H and O–H groups in total. The lowest BCUT2D eigenvalue weighted by Crippen LogP contribution is -2.08. The minimum absolute atomic E-state index is 0.403. The van der Waals surface area contributed by atoms with E-state index in [-0.39, 0.29) is 0 Å². The van der Waals surface area contributed by atoms with Crippen LogP contribution in [-0.2, 0) is 6.18 Å². The fraction of sp³-hybridized carbons (Fsp3) is 0.308. The normalized spacial score (nSPS) is 12.1. The van der Waals surface area contributed by atoms with E-state index in [9.17, 15) is 13.2 Å². The molecule has 0 saturated carbocycles. The monoisotopic (exact) mass is 239 g/mol. The molecule has 2 aromatic rings. The van der Waals surface area contributed by atoms with Crippen LogP contribution in [0.15, 0.2) is 18.2 Å². The SMILES string of the molecule is Cc1cc2nc(C(F)(F)F)ccc2c(C)c1C. The van der Waals surface area contributed by atoms with Crippen molar-refractivity contribution in [1.29, 1.82) is 0 Å². The molecular formula is C13H12F3N. The molecule has 1 nitrogen and oxygen atoms in total. The number of alkyl halides is 3. The van der Waals surface area contributed by atoms with Crippen LogP contribution < -0.4 is 0 Å². The molecule has 4 heteroatoms. The van der Waals surface area contributed by atoms with Gasteiger partial charge in [-0.1, -0.05) is 6.07 Å². The van der Waals surface area contributed by atoms with E-state index in [1.807, 2.05) is 20.8 Å². The van der Waals surface area contributed by atoms with Gasteiger partial charge in [0.2, 0.25) is 0 Å². The number of halogens is 3. The van der Waals surface area contributed by atoms with Crippen molar-refractivity contribution in [1.82, 2.24) is 4.98 Å². The number of hydrogen-bond acceptors (Lipinski definition) is 1. The van der Waals surface area contributed by atoms with Gasteiger partial charge in [-0.05, 0) is 49.6 Å². The molecule has 1 heterocycles. The molecule has 0 amide bonds. The predicted octanol–water partition coefficient (Wildman–Crippen LogP) is 4.18. The first kappa shape index (κ1) is 11.9. The van der Waals surface area contributed by atoms with Gasteiger partial charge in [0.05, 0.1) is 5.52 Å². The number of aryl methyl sites for hydroxylation is 2.